The van der Waals surface area contributed by atoms with Gasteiger partial charge >= 0.3 is 0 Å². The molecule has 0 atom stereocenters. The molecule has 1 saturated carbocycles. The summed E-state index contributed by atoms with van der Waals surface area (Å²) in [7, 11) is 0. The molecule has 0 radical (unpaired) electrons. The van der Waals surface area contributed by atoms with E-state index in [1.807, 2.05) is 32.0 Å². The van der Waals surface area contributed by atoms with Gasteiger partial charge in [-0.1, -0.05) is 36.8 Å². The van der Waals surface area contributed by atoms with Crippen molar-refractivity contribution in [3.8, 4) is 6.07 Å². The van der Waals surface area contributed by atoms with Crippen molar-refractivity contribution in [3.05, 3.63) is 35.9 Å². The van der Waals surface area contributed by atoms with Gasteiger partial charge in [0.05, 0.1) is 6.07 Å². The Kier molecular flexibility index (Phi) is 3.99. The van der Waals surface area contributed by atoms with Crippen LogP contribution in [0.2, 0.25) is 0 Å². The van der Waals surface area contributed by atoms with Gasteiger partial charge in [0, 0.05) is 0 Å². The van der Waals surface area contributed by atoms with Crippen molar-refractivity contribution in [1.82, 2.24) is 0 Å². The summed E-state index contributed by atoms with van der Waals surface area (Å²) in [5, 5.41) is 18.3. The van der Waals surface area contributed by atoms with Crippen LogP contribution >= 0.6 is 0 Å². The topological polar surface area (TPSA) is 48.5 Å². The van der Waals surface area contributed by atoms with E-state index < -0.39 is 5.54 Å². The van der Waals surface area contributed by atoms with Crippen LogP contribution in [-0.2, 0) is 5.54 Å². The van der Waals surface area contributed by atoms with Crippen LogP contribution in [0.25, 0.3) is 0 Å². The Labute approximate surface area is 115 Å². The molecule has 1 aromatic rings. The zero-order valence-corrected chi connectivity index (χ0v) is 11.8. The highest BCUT2D eigenvalue weighted by Crippen LogP contribution is 2.34. The van der Waals surface area contributed by atoms with Gasteiger partial charge in [0.2, 0.25) is 0 Å². The maximum atomic E-state index is 9.41. The van der Waals surface area contributed by atoms with Crippen molar-refractivity contribution < 1.29 is 0 Å². The summed E-state index contributed by atoms with van der Waals surface area (Å²) < 4.78 is 0. The number of hydrogen-bond acceptors (Lipinski definition) is 3. The van der Waals surface area contributed by atoms with E-state index >= 15 is 0 Å². The molecule has 0 amide bonds. The molecule has 0 unspecified atom stereocenters. The highest BCUT2D eigenvalue weighted by molar-refractivity contribution is 5.22. The number of azo groups is 1. The molecule has 0 saturated heterocycles. The summed E-state index contributed by atoms with van der Waals surface area (Å²) in [6.45, 7) is 4.08. The smallest absolute Gasteiger partial charge is 0.167 e. The van der Waals surface area contributed by atoms with Gasteiger partial charge < -0.3 is 0 Å². The summed E-state index contributed by atoms with van der Waals surface area (Å²) in [4.78, 5) is 0. The monoisotopic (exact) mass is 255 g/mol. The van der Waals surface area contributed by atoms with E-state index in [1.54, 1.807) is 0 Å². The fraction of sp³-hybridized carbons (Fsp3) is 0.562. The number of rotatable bonds is 3. The van der Waals surface area contributed by atoms with Crippen molar-refractivity contribution >= 4 is 0 Å². The molecule has 0 N–H and O–H groups in total. The standard InChI is InChI=1S/C16H21N3/c1-15(2,14-9-5-3-6-10-14)18-19-16(13-17)11-7-4-8-12-16/h3,5-6,9-10H,4,7-8,11-12H2,1-2H3. The van der Waals surface area contributed by atoms with Gasteiger partial charge in [0.1, 0.15) is 5.54 Å². The Balaban J connectivity index is 2.19. The number of nitriles is 1. The summed E-state index contributed by atoms with van der Waals surface area (Å²) in [6, 6.07) is 12.5. The predicted molar refractivity (Wildman–Crippen MR) is 75.8 cm³/mol. The van der Waals surface area contributed by atoms with Crippen molar-refractivity contribution in [3.63, 3.8) is 0 Å². The molecule has 0 aromatic heterocycles. The molecule has 100 valence electrons. The van der Waals surface area contributed by atoms with E-state index in [0.29, 0.717) is 0 Å². The third-order valence-electron chi connectivity index (χ3n) is 3.86. The first-order chi connectivity index (χ1) is 9.08. The summed E-state index contributed by atoms with van der Waals surface area (Å²) in [5.41, 5.74) is 0.176. The Hall–Kier alpha value is -1.69. The first-order valence-electron chi connectivity index (χ1n) is 6.99. The van der Waals surface area contributed by atoms with E-state index in [2.05, 4.69) is 28.4 Å². The van der Waals surface area contributed by atoms with E-state index in [1.165, 1.54) is 6.42 Å². The molecule has 2 rings (SSSR count). The summed E-state index contributed by atoms with van der Waals surface area (Å²) in [5.74, 6) is 0. The third-order valence-corrected chi connectivity index (χ3v) is 3.86. The zero-order chi connectivity index (χ0) is 13.8. The molecular weight excluding hydrogens is 234 g/mol. The van der Waals surface area contributed by atoms with E-state index in [4.69, 9.17) is 0 Å². The number of nitrogens with zero attached hydrogens (tertiary/aromatic N) is 3. The molecule has 0 bridgehead atoms. The minimum atomic E-state index is -0.579. The second-order valence-electron chi connectivity index (χ2n) is 5.83. The largest absolute Gasteiger partial charge is 0.196 e. The lowest BCUT2D eigenvalue weighted by molar-refractivity contribution is 0.338. The maximum Gasteiger partial charge on any atom is 0.167 e. The Bertz CT molecular complexity index is 476. The lowest BCUT2D eigenvalue weighted by Crippen LogP contribution is -2.28. The third kappa shape index (κ3) is 3.20. The molecular formula is C16H21N3. The summed E-state index contributed by atoms with van der Waals surface area (Å²) in [6.07, 6.45) is 5.06. The highest BCUT2D eigenvalue weighted by Gasteiger charge is 2.33. The Morgan fingerprint density at radius 3 is 2.32 bits per heavy atom. The van der Waals surface area contributed by atoms with Crippen molar-refractivity contribution in [2.45, 2.75) is 57.0 Å². The normalized spacial score (nSPS) is 19.2. The average Bonchev–Trinajstić information content (AvgIpc) is 2.47. The Morgan fingerprint density at radius 1 is 1.11 bits per heavy atom. The molecule has 1 aliphatic carbocycles. The van der Waals surface area contributed by atoms with Gasteiger partial charge in [-0.2, -0.15) is 15.5 Å². The van der Waals surface area contributed by atoms with Crippen LogP contribution in [0.4, 0.5) is 0 Å². The molecule has 3 heteroatoms. The molecule has 0 aliphatic heterocycles. The minimum Gasteiger partial charge on any atom is -0.196 e. The van der Waals surface area contributed by atoms with Crippen LogP contribution in [0.1, 0.15) is 51.5 Å². The van der Waals surface area contributed by atoms with Crippen LogP contribution in [0.3, 0.4) is 0 Å². The van der Waals surface area contributed by atoms with Crippen LogP contribution in [0.5, 0.6) is 0 Å². The van der Waals surface area contributed by atoms with Crippen LogP contribution in [-0.4, -0.2) is 5.54 Å². The molecule has 0 spiro atoms. The fourth-order valence-electron chi connectivity index (χ4n) is 2.50. The van der Waals surface area contributed by atoms with Gasteiger partial charge in [-0.3, -0.25) is 0 Å². The van der Waals surface area contributed by atoms with Gasteiger partial charge in [-0.15, -0.1) is 0 Å². The van der Waals surface area contributed by atoms with E-state index in [0.717, 1.165) is 31.2 Å². The predicted octanol–water partition coefficient (Wildman–Crippen LogP) is 4.60. The zero-order valence-electron chi connectivity index (χ0n) is 11.8. The average molecular weight is 255 g/mol. The van der Waals surface area contributed by atoms with Gasteiger partial charge in [0.25, 0.3) is 0 Å². The number of hydrogen-bond donors (Lipinski definition) is 0. The first-order valence-corrected chi connectivity index (χ1v) is 6.99. The van der Waals surface area contributed by atoms with Crippen LogP contribution in [0.15, 0.2) is 40.6 Å². The highest BCUT2D eigenvalue weighted by atomic mass is 15.2. The first kappa shape index (κ1) is 13.7. The molecule has 1 aromatic carbocycles. The molecule has 0 heterocycles. The van der Waals surface area contributed by atoms with Crippen molar-refractivity contribution in [1.29, 1.82) is 5.26 Å². The SMILES string of the molecule is CC(C)(N=NC1(C#N)CCCCC1)c1ccccc1. The van der Waals surface area contributed by atoms with E-state index in [-0.39, 0.29) is 5.54 Å². The van der Waals surface area contributed by atoms with Gasteiger partial charge in [-0.25, -0.2) is 0 Å². The van der Waals surface area contributed by atoms with Gasteiger partial charge in [0.15, 0.2) is 5.54 Å². The molecule has 1 aliphatic rings. The molecule has 1 fully saturated rings. The fourth-order valence-corrected chi connectivity index (χ4v) is 2.50. The van der Waals surface area contributed by atoms with E-state index in [9.17, 15) is 5.26 Å². The number of benzene rings is 1. The van der Waals surface area contributed by atoms with Crippen molar-refractivity contribution in [2.75, 3.05) is 0 Å². The molecule has 3 nitrogen and oxygen atoms in total. The van der Waals surface area contributed by atoms with Gasteiger partial charge in [-0.05, 0) is 45.1 Å². The minimum absolute atomic E-state index is 0.372. The lowest BCUT2D eigenvalue weighted by Gasteiger charge is -2.27. The Morgan fingerprint density at radius 2 is 1.74 bits per heavy atom. The van der Waals surface area contributed by atoms with Crippen LogP contribution < -0.4 is 0 Å². The van der Waals surface area contributed by atoms with Crippen LogP contribution in [0, 0.1) is 11.3 Å². The second-order valence-corrected chi connectivity index (χ2v) is 5.83. The second kappa shape index (κ2) is 5.52. The maximum absolute atomic E-state index is 9.41. The lowest BCUT2D eigenvalue weighted by atomic mass is 9.84. The van der Waals surface area contributed by atoms with Crippen molar-refractivity contribution in [2.24, 2.45) is 10.2 Å². The summed E-state index contributed by atoms with van der Waals surface area (Å²) >= 11 is 0. The quantitative estimate of drug-likeness (QED) is 0.728. The molecule has 19 heavy (non-hydrogen) atoms.